The van der Waals surface area contributed by atoms with E-state index in [1.54, 1.807) is 36.4 Å². The number of para-hydroxylation sites is 1. The van der Waals surface area contributed by atoms with Crippen molar-refractivity contribution in [2.75, 3.05) is 13.7 Å². The SMILES string of the molecule is COC(=O)c1ccc(C(=O)COc2ccccc2)cc1. The fourth-order valence-corrected chi connectivity index (χ4v) is 1.66. The lowest BCUT2D eigenvalue weighted by atomic mass is 10.1. The summed E-state index contributed by atoms with van der Waals surface area (Å²) in [6.07, 6.45) is 0. The highest BCUT2D eigenvalue weighted by Gasteiger charge is 2.09. The molecule has 0 unspecified atom stereocenters. The monoisotopic (exact) mass is 270 g/mol. The summed E-state index contributed by atoms with van der Waals surface area (Å²) in [5, 5.41) is 0. The fraction of sp³-hybridized carbons (Fsp3) is 0.125. The van der Waals surface area contributed by atoms with Crippen LogP contribution in [0.5, 0.6) is 5.75 Å². The van der Waals surface area contributed by atoms with E-state index >= 15 is 0 Å². The van der Waals surface area contributed by atoms with Gasteiger partial charge >= 0.3 is 5.97 Å². The molecule has 0 amide bonds. The first-order chi connectivity index (χ1) is 9.70. The number of hydrogen-bond donors (Lipinski definition) is 0. The molecule has 0 N–H and O–H groups in total. The van der Waals surface area contributed by atoms with E-state index in [4.69, 9.17) is 4.74 Å². The predicted molar refractivity (Wildman–Crippen MR) is 74.0 cm³/mol. The third kappa shape index (κ3) is 3.45. The van der Waals surface area contributed by atoms with Crippen LogP contribution < -0.4 is 4.74 Å². The maximum Gasteiger partial charge on any atom is 0.337 e. The lowest BCUT2D eigenvalue weighted by Crippen LogP contribution is -2.12. The third-order valence-electron chi connectivity index (χ3n) is 2.74. The van der Waals surface area contributed by atoms with Gasteiger partial charge < -0.3 is 9.47 Å². The van der Waals surface area contributed by atoms with E-state index in [9.17, 15) is 9.59 Å². The van der Waals surface area contributed by atoms with Crippen molar-refractivity contribution >= 4 is 11.8 Å². The van der Waals surface area contributed by atoms with Crippen molar-refractivity contribution in [3.05, 3.63) is 65.7 Å². The van der Waals surface area contributed by atoms with Gasteiger partial charge in [-0.1, -0.05) is 30.3 Å². The highest BCUT2D eigenvalue weighted by Crippen LogP contribution is 2.10. The molecule has 0 atom stereocenters. The van der Waals surface area contributed by atoms with E-state index in [1.165, 1.54) is 7.11 Å². The van der Waals surface area contributed by atoms with Crippen molar-refractivity contribution in [1.29, 1.82) is 0 Å². The molecule has 4 nitrogen and oxygen atoms in total. The highest BCUT2D eigenvalue weighted by atomic mass is 16.5. The first-order valence-corrected chi connectivity index (χ1v) is 6.10. The summed E-state index contributed by atoms with van der Waals surface area (Å²) >= 11 is 0. The summed E-state index contributed by atoms with van der Waals surface area (Å²) in [6, 6.07) is 15.4. The maximum atomic E-state index is 11.9. The van der Waals surface area contributed by atoms with Gasteiger partial charge in [-0.3, -0.25) is 4.79 Å². The standard InChI is InChI=1S/C16H14O4/c1-19-16(18)13-9-7-12(8-10-13)15(17)11-20-14-5-3-2-4-6-14/h2-10H,11H2,1H3. The number of methoxy groups -OCH3 is 1. The average molecular weight is 270 g/mol. The molecule has 0 bridgehead atoms. The number of ether oxygens (including phenoxy) is 2. The van der Waals surface area contributed by atoms with E-state index in [1.807, 2.05) is 18.2 Å². The molecule has 0 aromatic heterocycles. The van der Waals surface area contributed by atoms with Gasteiger partial charge in [0.25, 0.3) is 0 Å². The molecule has 0 aliphatic heterocycles. The zero-order valence-corrected chi connectivity index (χ0v) is 11.0. The number of hydrogen-bond acceptors (Lipinski definition) is 4. The van der Waals surface area contributed by atoms with Gasteiger partial charge in [-0.05, 0) is 24.3 Å². The Hall–Kier alpha value is -2.62. The molecule has 0 aliphatic carbocycles. The van der Waals surface area contributed by atoms with Crippen molar-refractivity contribution in [3.8, 4) is 5.75 Å². The van der Waals surface area contributed by atoms with Crippen LogP contribution in [0.4, 0.5) is 0 Å². The average Bonchev–Trinajstić information content (AvgIpc) is 2.53. The van der Waals surface area contributed by atoms with Crippen molar-refractivity contribution in [3.63, 3.8) is 0 Å². The van der Waals surface area contributed by atoms with Crippen LogP contribution in [-0.4, -0.2) is 25.5 Å². The molecule has 2 rings (SSSR count). The fourth-order valence-electron chi connectivity index (χ4n) is 1.66. The van der Waals surface area contributed by atoms with Gasteiger partial charge in [0, 0.05) is 5.56 Å². The van der Waals surface area contributed by atoms with Gasteiger partial charge in [-0.25, -0.2) is 4.79 Å². The number of ketones is 1. The molecule has 0 radical (unpaired) electrons. The molecule has 0 fully saturated rings. The second-order valence-electron chi connectivity index (χ2n) is 4.09. The van der Waals surface area contributed by atoms with Gasteiger partial charge in [-0.2, -0.15) is 0 Å². The Morgan fingerprint density at radius 2 is 1.50 bits per heavy atom. The maximum absolute atomic E-state index is 11.9. The molecular formula is C16H14O4. The summed E-state index contributed by atoms with van der Waals surface area (Å²) < 4.78 is 9.97. The van der Waals surface area contributed by atoms with E-state index in [2.05, 4.69) is 4.74 Å². The first-order valence-electron chi connectivity index (χ1n) is 6.10. The number of rotatable bonds is 5. The van der Waals surface area contributed by atoms with Gasteiger partial charge in [0.15, 0.2) is 12.4 Å². The summed E-state index contributed by atoms with van der Waals surface area (Å²) in [6.45, 7) is -0.0401. The van der Waals surface area contributed by atoms with Crippen LogP contribution in [0.3, 0.4) is 0 Å². The molecule has 0 saturated heterocycles. The Kier molecular flexibility index (Phi) is 4.50. The second-order valence-corrected chi connectivity index (χ2v) is 4.09. The van der Waals surface area contributed by atoms with Crippen LogP contribution in [0, 0.1) is 0 Å². The quantitative estimate of drug-likeness (QED) is 0.619. The molecule has 0 heterocycles. The highest BCUT2D eigenvalue weighted by molar-refractivity contribution is 5.98. The molecule has 20 heavy (non-hydrogen) atoms. The Bertz CT molecular complexity index is 588. The summed E-state index contributed by atoms with van der Waals surface area (Å²) in [4.78, 5) is 23.2. The molecule has 102 valence electrons. The van der Waals surface area contributed by atoms with Gasteiger partial charge in [0.05, 0.1) is 12.7 Å². The molecule has 0 spiro atoms. The zero-order chi connectivity index (χ0) is 14.4. The van der Waals surface area contributed by atoms with Crippen LogP contribution >= 0.6 is 0 Å². The minimum absolute atomic E-state index is 0.0401. The summed E-state index contributed by atoms with van der Waals surface area (Å²) in [5.41, 5.74) is 0.904. The van der Waals surface area contributed by atoms with Gasteiger partial charge in [0.1, 0.15) is 5.75 Å². The molecule has 0 aliphatic rings. The van der Waals surface area contributed by atoms with E-state index in [0.29, 0.717) is 16.9 Å². The Labute approximate surface area is 116 Å². The van der Waals surface area contributed by atoms with Crippen LogP contribution in [0.2, 0.25) is 0 Å². The largest absolute Gasteiger partial charge is 0.485 e. The molecule has 4 heteroatoms. The molecule has 2 aromatic rings. The van der Waals surface area contributed by atoms with Gasteiger partial charge in [-0.15, -0.1) is 0 Å². The summed E-state index contributed by atoms with van der Waals surface area (Å²) in [5.74, 6) is 0.0711. The van der Waals surface area contributed by atoms with Crippen LogP contribution in [-0.2, 0) is 4.74 Å². The second kappa shape index (κ2) is 6.52. The lowest BCUT2D eigenvalue weighted by molar-refractivity contribution is 0.0600. The van der Waals surface area contributed by atoms with E-state index in [0.717, 1.165) is 0 Å². The molecule has 2 aromatic carbocycles. The molecular weight excluding hydrogens is 256 g/mol. The van der Waals surface area contributed by atoms with E-state index in [-0.39, 0.29) is 12.4 Å². The van der Waals surface area contributed by atoms with Crippen molar-refractivity contribution < 1.29 is 19.1 Å². The normalized spacial score (nSPS) is 9.85. The third-order valence-corrected chi connectivity index (χ3v) is 2.74. The van der Waals surface area contributed by atoms with Crippen molar-refractivity contribution in [1.82, 2.24) is 0 Å². The number of benzene rings is 2. The smallest absolute Gasteiger partial charge is 0.337 e. The Morgan fingerprint density at radius 3 is 2.10 bits per heavy atom. The van der Waals surface area contributed by atoms with Crippen LogP contribution in [0.15, 0.2) is 54.6 Å². The minimum atomic E-state index is -0.426. The Morgan fingerprint density at radius 1 is 0.900 bits per heavy atom. The van der Waals surface area contributed by atoms with E-state index < -0.39 is 5.97 Å². The number of carbonyl (C=O) groups is 2. The van der Waals surface area contributed by atoms with Crippen LogP contribution in [0.25, 0.3) is 0 Å². The zero-order valence-electron chi connectivity index (χ0n) is 11.0. The van der Waals surface area contributed by atoms with Crippen molar-refractivity contribution in [2.45, 2.75) is 0 Å². The minimum Gasteiger partial charge on any atom is -0.485 e. The number of esters is 1. The lowest BCUT2D eigenvalue weighted by Gasteiger charge is -2.05. The van der Waals surface area contributed by atoms with Gasteiger partial charge in [0.2, 0.25) is 0 Å². The van der Waals surface area contributed by atoms with Crippen LogP contribution in [0.1, 0.15) is 20.7 Å². The number of carbonyl (C=O) groups excluding carboxylic acids is 2. The topological polar surface area (TPSA) is 52.6 Å². The first kappa shape index (κ1) is 13.8. The molecule has 0 saturated carbocycles. The predicted octanol–water partition coefficient (Wildman–Crippen LogP) is 2.73. The summed E-state index contributed by atoms with van der Waals surface area (Å²) in [7, 11) is 1.31. The van der Waals surface area contributed by atoms with Crippen molar-refractivity contribution in [2.24, 2.45) is 0 Å². The Balaban J connectivity index is 1.97. The number of Topliss-reactive ketones (excluding diaryl/α,β-unsaturated/α-hetero) is 1.